The molecule has 1 aromatic carbocycles. The maximum absolute atomic E-state index is 12.4. The van der Waals surface area contributed by atoms with E-state index in [-0.39, 0.29) is 11.8 Å². The first-order valence-electron chi connectivity index (χ1n) is 9.78. The van der Waals surface area contributed by atoms with Crippen molar-refractivity contribution in [2.24, 2.45) is 5.92 Å². The van der Waals surface area contributed by atoms with E-state index in [1.807, 2.05) is 31.3 Å². The SMILES string of the molecule is CCOC(=O)C(Cl)Cc1ccc(OCCN(C)C(=O)C2CCCCC2)cc1. The molecule has 0 radical (unpaired) electrons. The topological polar surface area (TPSA) is 55.8 Å². The van der Waals surface area contributed by atoms with E-state index in [0.29, 0.717) is 26.2 Å². The maximum atomic E-state index is 12.4. The second kappa shape index (κ2) is 11.2. The highest BCUT2D eigenvalue weighted by Gasteiger charge is 2.23. The third kappa shape index (κ3) is 7.06. The Morgan fingerprint density at radius 2 is 1.85 bits per heavy atom. The summed E-state index contributed by atoms with van der Waals surface area (Å²) in [7, 11) is 1.85. The summed E-state index contributed by atoms with van der Waals surface area (Å²) in [6.45, 7) is 3.11. The number of nitrogens with zero attached hydrogens (tertiary/aromatic N) is 1. The molecule has 1 amide bonds. The fourth-order valence-corrected chi connectivity index (χ4v) is 3.56. The molecule has 0 aromatic heterocycles. The van der Waals surface area contributed by atoms with Crippen LogP contribution in [0.25, 0.3) is 0 Å². The molecule has 1 aliphatic rings. The molecule has 0 heterocycles. The lowest BCUT2D eigenvalue weighted by molar-refractivity contribution is -0.142. The summed E-state index contributed by atoms with van der Waals surface area (Å²) in [6.07, 6.45) is 6.01. The standard InChI is InChI=1S/C21H30ClNO4/c1-3-26-21(25)19(22)15-16-9-11-18(12-10-16)27-14-13-23(2)20(24)17-7-5-4-6-8-17/h9-12,17,19H,3-8,13-15H2,1-2H3. The van der Waals surface area contributed by atoms with Crippen LogP contribution in [0.5, 0.6) is 5.75 Å². The molecule has 5 nitrogen and oxygen atoms in total. The number of rotatable bonds is 9. The molecule has 150 valence electrons. The second-order valence-electron chi connectivity index (χ2n) is 7.01. The van der Waals surface area contributed by atoms with Gasteiger partial charge in [0.05, 0.1) is 13.2 Å². The minimum atomic E-state index is -0.684. The van der Waals surface area contributed by atoms with Crippen LogP contribution in [0, 0.1) is 5.92 Å². The van der Waals surface area contributed by atoms with Crippen LogP contribution in [-0.2, 0) is 20.7 Å². The third-order valence-corrected chi connectivity index (χ3v) is 5.24. The molecular formula is C21H30ClNO4. The van der Waals surface area contributed by atoms with Crippen molar-refractivity contribution >= 4 is 23.5 Å². The summed E-state index contributed by atoms with van der Waals surface area (Å²) in [5, 5.41) is -0.684. The summed E-state index contributed by atoms with van der Waals surface area (Å²) in [5.41, 5.74) is 0.944. The lowest BCUT2D eigenvalue weighted by atomic mass is 9.88. The Morgan fingerprint density at radius 3 is 2.48 bits per heavy atom. The first-order valence-corrected chi connectivity index (χ1v) is 10.2. The molecule has 27 heavy (non-hydrogen) atoms. The van der Waals surface area contributed by atoms with Gasteiger partial charge in [-0.3, -0.25) is 9.59 Å². The predicted molar refractivity (Wildman–Crippen MR) is 106 cm³/mol. The van der Waals surface area contributed by atoms with Gasteiger partial charge in [0.25, 0.3) is 0 Å². The number of hydrogen-bond acceptors (Lipinski definition) is 4. The Morgan fingerprint density at radius 1 is 1.19 bits per heavy atom. The third-order valence-electron chi connectivity index (χ3n) is 4.91. The normalized spacial score (nSPS) is 15.8. The van der Waals surface area contributed by atoms with Crippen molar-refractivity contribution in [3.05, 3.63) is 29.8 Å². The molecule has 1 aliphatic carbocycles. The molecule has 1 aromatic rings. The molecule has 1 saturated carbocycles. The number of likely N-dealkylation sites (N-methyl/N-ethyl adjacent to an activating group) is 1. The van der Waals surface area contributed by atoms with Gasteiger partial charge in [0.15, 0.2) is 0 Å². The van der Waals surface area contributed by atoms with Gasteiger partial charge in [-0.1, -0.05) is 31.4 Å². The van der Waals surface area contributed by atoms with E-state index in [2.05, 4.69) is 0 Å². The molecule has 0 N–H and O–H groups in total. The van der Waals surface area contributed by atoms with Crippen LogP contribution in [0.4, 0.5) is 0 Å². The lowest BCUT2D eigenvalue weighted by Gasteiger charge is -2.26. The van der Waals surface area contributed by atoms with Crippen LogP contribution in [0.15, 0.2) is 24.3 Å². The minimum absolute atomic E-state index is 0.186. The highest BCUT2D eigenvalue weighted by Crippen LogP contribution is 2.25. The van der Waals surface area contributed by atoms with Crippen LogP contribution in [0.2, 0.25) is 0 Å². The molecule has 1 atom stereocenters. The first kappa shape index (κ1) is 21.5. The zero-order chi connectivity index (χ0) is 19.6. The van der Waals surface area contributed by atoms with Crippen molar-refractivity contribution in [1.82, 2.24) is 4.90 Å². The van der Waals surface area contributed by atoms with E-state index < -0.39 is 11.3 Å². The van der Waals surface area contributed by atoms with Crippen molar-refractivity contribution in [3.8, 4) is 5.75 Å². The number of hydrogen-bond donors (Lipinski definition) is 0. The number of carbonyl (C=O) groups excluding carboxylic acids is 2. The van der Waals surface area contributed by atoms with E-state index in [1.54, 1.807) is 11.8 Å². The lowest BCUT2D eigenvalue weighted by Crippen LogP contribution is -2.36. The number of ether oxygens (including phenoxy) is 2. The number of benzene rings is 1. The smallest absolute Gasteiger partial charge is 0.324 e. The van der Waals surface area contributed by atoms with Gasteiger partial charge in [-0.25, -0.2) is 0 Å². The number of carbonyl (C=O) groups is 2. The van der Waals surface area contributed by atoms with Gasteiger partial charge in [0.2, 0.25) is 5.91 Å². The molecule has 0 bridgehead atoms. The largest absolute Gasteiger partial charge is 0.492 e. The first-order chi connectivity index (χ1) is 13.0. The predicted octanol–water partition coefficient (Wildman–Crippen LogP) is 3.82. The number of esters is 1. The Balaban J connectivity index is 1.73. The fourth-order valence-electron chi connectivity index (χ4n) is 3.32. The number of amides is 1. The van der Waals surface area contributed by atoms with Gasteiger partial charge in [0, 0.05) is 13.0 Å². The average Bonchev–Trinajstić information content (AvgIpc) is 2.69. The summed E-state index contributed by atoms with van der Waals surface area (Å²) in [4.78, 5) is 25.8. The van der Waals surface area contributed by atoms with Gasteiger partial charge in [-0.15, -0.1) is 11.6 Å². The zero-order valence-corrected chi connectivity index (χ0v) is 17.0. The van der Waals surface area contributed by atoms with Crippen molar-refractivity contribution in [1.29, 1.82) is 0 Å². The number of alkyl halides is 1. The average molecular weight is 396 g/mol. The van der Waals surface area contributed by atoms with E-state index >= 15 is 0 Å². The Hall–Kier alpha value is -1.75. The molecule has 0 spiro atoms. The maximum Gasteiger partial charge on any atom is 0.324 e. The highest BCUT2D eigenvalue weighted by molar-refractivity contribution is 6.30. The Kier molecular flexibility index (Phi) is 8.92. The molecule has 2 rings (SSSR count). The van der Waals surface area contributed by atoms with Gasteiger partial charge >= 0.3 is 5.97 Å². The molecule has 0 aliphatic heterocycles. The summed E-state index contributed by atoms with van der Waals surface area (Å²) >= 11 is 6.05. The summed E-state index contributed by atoms with van der Waals surface area (Å²) < 4.78 is 10.7. The highest BCUT2D eigenvalue weighted by atomic mass is 35.5. The van der Waals surface area contributed by atoms with Crippen molar-refractivity contribution in [2.75, 3.05) is 26.8 Å². The monoisotopic (exact) mass is 395 g/mol. The van der Waals surface area contributed by atoms with Crippen LogP contribution < -0.4 is 4.74 Å². The fraction of sp³-hybridized carbons (Fsp3) is 0.619. The van der Waals surface area contributed by atoms with E-state index in [1.165, 1.54) is 6.42 Å². The van der Waals surface area contributed by atoms with Gasteiger partial charge < -0.3 is 14.4 Å². The summed E-state index contributed by atoms with van der Waals surface area (Å²) in [5.74, 6) is 0.761. The van der Waals surface area contributed by atoms with Crippen molar-refractivity contribution in [2.45, 2.75) is 50.8 Å². The van der Waals surface area contributed by atoms with Crippen LogP contribution in [-0.4, -0.2) is 49.0 Å². The van der Waals surface area contributed by atoms with E-state index in [0.717, 1.165) is 37.0 Å². The minimum Gasteiger partial charge on any atom is -0.492 e. The Labute approximate surface area is 167 Å². The number of halogens is 1. The van der Waals surface area contributed by atoms with E-state index in [4.69, 9.17) is 21.1 Å². The van der Waals surface area contributed by atoms with Crippen molar-refractivity contribution in [3.63, 3.8) is 0 Å². The molecule has 6 heteroatoms. The van der Waals surface area contributed by atoms with Crippen LogP contribution in [0.3, 0.4) is 0 Å². The summed E-state index contributed by atoms with van der Waals surface area (Å²) in [6, 6.07) is 7.49. The zero-order valence-electron chi connectivity index (χ0n) is 16.3. The van der Waals surface area contributed by atoms with Crippen LogP contribution in [0.1, 0.15) is 44.6 Å². The van der Waals surface area contributed by atoms with Gasteiger partial charge in [-0.05, 0) is 43.9 Å². The quantitative estimate of drug-likeness (QED) is 0.471. The van der Waals surface area contributed by atoms with Crippen LogP contribution >= 0.6 is 11.6 Å². The van der Waals surface area contributed by atoms with Gasteiger partial charge in [0.1, 0.15) is 17.7 Å². The molecule has 0 saturated heterocycles. The van der Waals surface area contributed by atoms with Crippen molar-refractivity contribution < 1.29 is 19.1 Å². The Bertz CT molecular complexity index is 599. The van der Waals surface area contributed by atoms with E-state index in [9.17, 15) is 9.59 Å². The van der Waals surface area contributed by atoms with Gasteiger partial charge in [-0.2, -0.15) is 0 Å². The second-order valence-corrected chi connectivity index (χ2v) is 7.54. The molecule has 1 fully saturated rings. The molecule has 1 unspecified atom stereocenters. The molecular weight excluding hydrogens is 366 g/mol.